The maximum atomic E-state index is 13.3. The van der Waals surface area contributed by atoms with E-state index >= 15 is 0 Å². The molecule has 3 aromatic rings. The molecule has 158 valence electrons. The van der Waals surface area contributed by atoms with Crippen molar-refractivity contribution in [2.45, 2.75) is 32.2 Å². The molecule has 4 rings (SSSR count). The zero-order chi connectivity index (χ0) is 21.3. The highest BCUT2D eigenvalue weighted by molar-refractivity contribution is 7.10. The van der Waals surface area contributed by atoms with E-state index in [1.165, 1.54) is 5.56 Å². The second-order valence-corrected chi connectivity index (χ2v) is 8.55. The average Bonchev–Trinajstić information content (AvgIpc) is 3.39. The van der Waals surface area contributed by atoms with Crippen molar-refractivity contribution in [3.8, 4) is 11.5 Å². The first-order valence-electron chi connectivity index (χ1n) is 10.1. The number of benzene rings is 1. The molecule has 30 heavy (non-hydrogen) atoms. The van der Waals surface area contributed by atoms with E-state index in [2.05, 4.69) is 22.6 Å². The number of fused-ring (bicyclic) bond motifs is 1. The molecule has 0 saturated heterocycles. The second kappa shape index (κ2) is 8.52. The van der Waals surface area contributed by atoms with Crippen molar-refractivity contribution in [1.82, 2.24) is 14.7 Å². The topological polar surface area (TPSA) is 56.6 Å². The van der Waals surface area contributed by atoms with Crippen LogP contribution in [0.2, 0.25) is 0 Å². The van der Waals surface area contributed by atoms with E-state index in [9.17, 15) is 4.79 Å². The number of nitrogens with zero attached hydrogens (tertiary/aromatic N) is 3. The molecule has 0 aliphatic carbocycles. The summed E-state index contributed by atoms with van der Waals surface area (Å²) in [7, 11) is 5.21. The molecule has 0 spiro atoms. The Hall–Kier alpha value is -2.80. The van der Waals surface area contributed by atoms with Gasteiger partial charge < -0.3 is 14.4 Å². The summed E-state index contributed by atoms with van der Waals surface area (Å²) >= 11 is 1.68. The smallest absolute Gasteiger partial charge is 0.223 e. The van der Waals surface area contributed by atoms with Crippen LogP contribution in [0, 0.1) is 6.92 Å². The van der Waals surface area contributed by atoms with E-state index in [1.54, 1.807) is 30.2 Å². The molecule has 3 heterocycles. The molecule has 1 aliphatic heterocycles. The Kier molecular flexibility index (Phi) is 5.81. The largest absolute Gasteiger partial charge is 0.493 e. The van der Waals surface area contributed by atoms with Crippen LogP contribution in [0.4, 0.5) is 0 Å². The van der Waals surface area contributed by atoms with Crippen LogP contribution in [-0.2, 0) is 24.7 Å². The normalized spacial score (nSPS) is 15.7. The molecule has 0 N–H and O–H groups in total. The lowest BCUT2D eigenvalue weighted by Gasteiger charge is -2.37. The minimum atomic E-state index is -0.101. The van der Waals surface area contributed by atoms with Gasteiger partial charge in [0.2, 0.25) is 5.91 Å². The van der Waals surface area contributed by atoms with Gasteiger partial charge in [0.15, 0.2) is 11.5 Å². The van der Waals surface area contributed by atoms with Gasteiger partial charge in [-0.15, -0.1) is 11.3 Å². The number of aromatic nitrogens is 2. The summed E-state index contributed by atoms with van der Waals surface area (Å²) in [4.78, 5) is 16.5. The van der Waals surface area contributed by atoms with E-state index in [4.69, 9.17) is 9.47 Å². The van der Waals surface area contributed by atoms with Crippen LogP contribution in [0.5, 0.6) is 11.5 Å². The highest BCUT2D eigenvalue weighted by Gasteiger charge is 2.33. The first kappa shape index (κ1) is 20.5. The third-order valence-electron chi connectivity index (χ3n) is 5.73. The van der Waals surface area contributed by atoms with Gasteiger partial charge in [0.1, 0.15) is 0 Å². The fraction of sp³-hybridized carbons (Fsp3) is 0.391. The van der Waals surface area contributed by atoms with Crippen LogP contribution in [0.3, 0.4) is 0 Å². The standard InChI is InChI=1S/C23H27N3O3S/c1-15-17(14-25(2)24-15)7-8-22(27)26-10-9-16-12-19(28-3)20(29-4)13-18(16)23(26)21-6-5-11-30-21/h5-6,11-14,23H,7-10H2,1-4H3/t23-/m0/s1. The number of carbonyl (C=O) groups excluding carboxylic acids is 1. The van der Waals surface area contributed by atoms with Crippen molar-refractivity contribution in [3.63, 3.8) is 0 Å². The fourth-order valence-electron chi connectivity index (χ4n) is 4.25. The van der Waals surface area contributed by atoms with E-state index < -0.39 is 0 Å². The molecular formula is C23H27N3O3S. The Balaban J connectivity index is 1.65. The minimum absolute atomic E-state index is 0.101. The van der Waals surface area contributed by atoms with Gasteiger partial charge in [-0.3, -0.25) is 9.48 Å². The van der Waals surface area contributed by atoms with Gasteiger partial charge in [0, 0.05) is 31.1 Å². The SMILES string of the molecule is COc1cc2c(cc1OC)[C@@H](c1cccs1)N(C(=O)CCc1cn(C)nc1C)CC2. The number of hydrogen-bond donors (Lipinski definition) is 0. The summed E-state index contributed by atoms with van der Waals surface area (Å²) < 4.78 is 12.8. The highest BCUT2D eigenvalue weighted by atomic mass is 32.1. The van der Waals surface area contributed by atoms with Crippen molar-refractivity contribution in [1.29, 1.82) is 0 Å². The Morgan fingerprint density at radius 2 is 2.03 bits per heavy atom. The molecule has 1 aromatic carbocycles. The maximum absolute atomic E-state index is 13.3. The molecular weight excluding hydrogens is 398 g/mol. The first-order valence-corrected chi connectivity index (χ1v) is 11.0. The van der Waals surface area contributed by atoms with E-state index in [0.717, 1.165) is 33.9 Å². The molecule has 0 bridgehead atoms. The van der Waals surface area contributed by atoms with Crippen LogP contribution in [0.15, 0.2) is 35.8 Å². The summed E-state index contributed by atoms with van der Waals surface area (Å²) in [5.41, 5.74) is 4.44. The number of rotatable bonds is 6. The number of ether oxygens (including phenoxy) is 2. The number of methoxy groups -OCH3 is 2. The number of carbonyl (C=O) groups is 1. The molecule has 0 radical (unpaired) electrons. The molecule has 1 aliphatic rings. The quantitative estimate of drug-likeness (QED) is 0.601. The van der Waals surface area contributed by atoms with Gasteiger partial charge in [-0.1, -0.05) is 6.07 Å². The average molecular weight is 426 g/mol. The Bertz CT molecular complexity index is 1040. The van der Waals surface area contributed by atoms with Crippen LogP contribution in [0.1, 0.15) is 39.7 Å². The van der Waals surface area contributed by atoms with E-state index in [0.29, 0.717) is 25.1 Å². The van der Waals surface area contributed by atoms with Gasteiger partial charge in [0.05, 0.1) is 26.0 Å². The summed E-state index contributed by atoms with van der Waals surface area (Å²) in [5, 5.41) is 6.45. The fourth-order valence-corrected chi connectivity index (χ4v) is 5.10. The van der Waals surface area contributed by atoms with Crippen molar-refractivity contribution < 1.29 is 14.3 Å². The van der Waals surface area contributed by atoms with Crippen molar-refractivity contribution in [2.75, 3.05) is 20.8 Å². The highest BCUT2D eigenvalue weighted by Crippen LogP contribution is 2.42. The lowest BCUT2D eigenvalue weighted by Crippen LogP contribution is -2.40. The predicted octanol–water partition coefficient (Wildman–Crippen LogP) is 3.91. The maximum Gasteiger partial charge on any atom is 0.223 e. The zero-order valence-corrected chi connectivity index (χ0v) is 18.7. The van der Waals surface area contributed by atoms with Crippen LogP contribution >= 0.6 is 11.3 Å². The molecule has 0 saturated carbocycles. The summed E-state index contributed by atoms with van der Waals surface area (Å²) in [6.45, 7) is 2.68. The number of thiophene rings is 1. The molecule has 1 atom stereocenters. The summed E-state index contributed by atoms with van der Waals surface area (Å²) in [5.74, 6) is 1.59. The lowest BCUT2D eigenvalue weighted by molar-refractivity contribution is -0.133. The van der Waals surface area contributed by atoms with Crippen LogP contribution < -0.4 is 9.47 Å². The number of aryl methyl sites for hydroxylation is 3. The van der Waals surface area contributed by atoms with Gasteiger partial charge in [-0.2, -0.15) is 5.10 Å². The number of amides is 1. The molecule has 2 aromatic heterocycles. The monoisotopic (exact) mass is 425 g/mol. The van der Waals surface area contributed by atoms with Gasteiger partial charge >= 0.3 is 0 Å². The zero-order valence-electron chi connectivity index (χ0n) is 17.8. The Morgan fingerprint density at radius 1 is 1.27 bits per heavy atom. The predicted molar refractivity (Wildman–Crippen MR) is 117 cm³/mol. The molecule has 0 unspecified atom stereocenters. The molecule has 7 heteroatoms. The lowest BCUT2D eigenvalue weighted by atomic mass is 9.90. The Morgan fingerprint density at radius 3 is 2.67 bits per heavy atom. The summed E-state index contributed by atoms with van der Waals surface area (Å²) in [6.07, 6.45) is 3.97. The number of hydrogen-bond acceptors (Lipinski definition) is 5. The summed E-state index contributed by atoms with van der Waals surface area (Å²) in [6, 6.07) is 8.12. The van der Waals surface area contributed by atoms with Crippen molar-refractivity contribution in [2.24, 2.45) is 7.05 Å². The van der Waals surface area contributed by atoms with Crippen molar-refractivity contribution >= 4 is 17.2 Å². The van der Waals surface area contributed by atoms with Crippen molar-refractivity contribution in [3.05, 3.63) is 63.1 Å². The van der Waals surface area contributed by atoms with E-state index in [1.807, 2.05) is 37.2 Å². The Labute approximate surface area is 181 Å². The van der Waals surface area contributed by atoms with Crippen LogP contribution in [0.25, 0.3) is 0 Å². The third-order valence-corrected chi connectivity index (χ3v) is 6.65. The van der Waals surface area contributed by atoms with Gasteiger partial charge in [0.25, 0.3) is 0 Å². The third kappa shape index (κ3) is 3.81. The van der Waals surface area contributed by atoms with Gasteiger partial charge in [-0.05, 0) is 60.0 Å². The molecule has 0 fully saturated rings. The molecule has 1 amide bonds. The van der Waals surface area contributed by atoms with Crippen LogP contribution in [-0.4, -0.2) is 41.4 Å². The second-order valence-electron chi connectivity index (χ2n) is 7.57. The van der Waals surface area contributed by atoms with E-state index in [-0.39, 0.29) is 11.9 Å². The minimum Gasteiger partial charge on any atom is -0.493 e. The first-order chi connectivity index (χ1) is 14.5. The van der Waals surface area contributed by atoms with Gasteiger partial charge in [-0.25, -0.2) is 0 Å². The molecule has 6 nitrogen and oxygen atoms in total.